The van der Waals surface area contributed by atoms with E-state index in [-0.39, 0.29) is 0 Å². The highest BCUT2D eigenvalue weighted by Gasteiger charge is 1.94. The third-order valence-corrected chi connectivity index (χ3v) is 1.64. The Labute approximate surface area is 61.2 Å². The van der Waals surface area contributed by atoms with Crippen molar-refractivity contribution in [1.82, 2.24) is 0 Å². The highest BCUT2D eigenvalue weighted by molar-refractivity contribution is 5.60. The van der Waals surface area contributed by atoms with Gasteiger partial charge in [-0.1, -0.05) is 24.8 Å². The summed E-state index contributed by atoms with van der Waals surface area (Å²) < 4.78 is 0. The number of hydrogen-bond donors (Lipinski definition) is 1. The first-order valence-corrected chi connectivity index (χ1v) is 3.23. The fourth-order valence-corrected chi connectivity index (χ4v) is 0.893. The van der Waals surface area contributed by atoms with E-state index in [1.54, 1.807) is 0 Å². The Morgan fingerprint density at radius 1 is 1.50 bits per heavy atom. The van der Waals surface area contributed by atoms with Gasteiger partial charge in [-0.05, 0) is 24.1 Å². The van der Waals surface area contributed by atoms with Crippen LogP contribution in [0.1, 0.15) is 11.1 Å². The third-order valence-electron chi connectivity index (χ3n) is 1.64. The molecule has 1 aromatic carbocycles. The number of benzene rings is 1. The lowest BCUT2D eigenvalue weighted by atomic mass is 10.1. The van der Waals surface area contributed by atoms with Crippen LogP contribution >= 0.6 is 0 Å². The van der Waals surface area contributed by atoms with Gasteiger partial charge in [-0.2, -0.15) is 0 Å². The van der Waals surface area contributed by atoms with Gasteiger partial charge in [0.25, 0.3) is 0 Å². The molecule has 0 bridgehead atoms. The topological polar surface area (TPSA) is 26.0 Å². The molecule has 2 N–H and O–H groups in total. The van der Waals surface area contributed by atoms with Crippen molar-refractivity contribution in [3.05, 3.63) is 35.9 Å². The van der Waals surface area contributed by atoms with E-state index in [9.17, 15) is 0 Å². The molecule has 10 heavy (non-hydrogen) atoms. The van der Waals surface area contributed by atoms with Gasteiger partial charge in [-0.15, -0.1) is 0 Å². The summed E-state index contributed by atoms with van der Waals surface area (Å²) in [6.45, 7) is 5.67. The number of nitrogen functional groups attached to an aromatic ring is 1. The Bertz CT molecular complexity index is 251. The van der Waals surface area contributed by atoms with Crippen LogP contribution in [0.2, 0.25) is 0 Å². The molecular weight excluding hydrogens is 122 g/mol. The zero-order chi connectivity index (χ0) is 7.56. The molecule has 52 valence electrons. The van der Waals surface area contributed by atoms with Gasteiger partial charge < -0.3 is 5.73 Å². The molecule has 0 fully saturated rings. The van der Waals surface area contributed by atoms with E-state index < -0.39 is 0 Å². The van der Waals surface area contributed by atoms with Crippen molar-refractivity contribution < 1.29 is 0 Å². The van der Waals surface area contributed by atoms with Crippen molar-refractivity contribution in [2.24, 2.45) is 0 Å². The lowest BCUT2D eigenvalue weighted by Crippen LogP contribution is -1.90. The summed E-state index contributed by atoms with van der Waals surface area (Å²) in [4.78, 5) is 0. The average Bonchev–Trinajstić information content (AvgIpc) is 1.95. The van der Waals surface area contributed by atoms with Crippen molar-refractivity contribution in [3.8, 4) is 0 Å². The molecule has 0 amide bonds. The van der Waals surface area contributed by atoms with Gasteiger partial charge in [0.05, 0.1) is 0 Å². The fourth-order valence-electron chi connectivity index (χ4n) is 0.893. The molecule has 1 nitrogen and oxygen atoms in total. The van der Waals surface area contributed by atoms with E-state index in [2.05, 4.69) is 6.58 Å². The van der Waals surface area contributed by atoms with Crippen LogP contribution < -0.4 is 5.73 Å². The maximum atomic E-state index is 5.65. The molecule has 1 rings (SSSR count). The van der Waals surface area contributed by atoms with E-state index in [1.165, 1.54) is 0 Å². The standard InChI is InChI=1S/C9H11N/c1-3-8-5-4-6-9(10)7(8)2/h3-6H,1,10H2,2H3. The van der Waals surface area contributed by atoms with Crippen LogP contribution in [0.4, 0.5) is 5.69 Å². The van der Waals surface area contributed by atoms with Crippen molar-refractivity contribution >= 4 is 11.8 Å². The van der Waals surface area contributed by atoms with Crippen molar-refractivity contribution in [1.29, 1.82) is 0 Å². The first-order valence-electron chi connectivity index (χ1n) is 3.23. The summed E-state index contributed by atoms with van der Waals surface area (Å²) >= 11 is 0. The molecule has 1 heteroatoms. The number of hydrogen-bond acceptors (Lipinski definition) is 1. The lowest BCUT2D eigenvalue weighted by Gasteiger charge is -2.01. The predicted molar refractivity (Wildman–Crippen MR) is 45.7 cm³/mol. The minimum atomic E-state index is 0.831. The maximum absolute atomic E-state index is 5.65. The Hall–Kier alpha value is -1.24. The first kappa shape index (κ1) is 6.87. The number of anilines is 1. The second-order valence-electron chi connectivity index (χ2n) is 2.27. The number of rotatable bonds is 1. The van der Waals surface area contributed by atoms with Crippen molar-refractivity contribution in [2.75, 3.05) is 5.73 Å². The van der Waals surface area contributed by atoms with Gasteiger partial charge >= 0.3 is 0 Å². The summed E-state index contributed by atoms with van der Waals surface area (Å²) in [6, 6.07) is 5.82. The zero-order valence-electron chi connectivity index (χ0n) is 6.09. The molecule has 0 radical (unpaired) electrons. The van der Waals surface area contributed by atoms with E-state index in [0.29, 0.717) is 0 Å². The van der Waals surface area contributed by atoms with Crippen LogP contribution in [0.25, 0.3) is 6.08 Å². The van der Waals surface area contributed by atoms with Gasteiger partial charge in [0, 0.05) is 5.69 Å². The highest BCUT2D eigenvalue weighted by atomic mass is 14.5. The second-order valence-corrected chi connectivity index (χ2v) is 2.27. The van der Waals surface area contributed by atoms with E-state index in [4.69, 9.17) is 5.73 Å². The quantitative estimate of drug-likeness (QED) is 0.584. The van der Waals surface area contributed by atoms with Gasteiger partial charge in [-0.25, -0.2) is 0 Å². The van der Waals surface area contributed by atoms with Crippen molar-refractivity contribution in [2.45, 2.75) is 6.92 Å². The molecule has 0 spiro atoms. The predicted octanol–water partition coefficient (Wildman–Crippen LogP) is 2.22. The molecule has 0 aliphatic carbocycles. The smallest absolute Gasteiger partial charge is 0.0349 e. The summed E-state index contributed by atoms with van der Waals surface area (Å²) in [5, 5.41) is 0. The van der Waals surface area contributed by atoms with Crippen LogP contribution in [0.3, 0.4) is 0 Å². The van der Waals surface area contributed by atoms with Crippen LogP contribution in [-0.4, -0.2) is 0 Å². The monoisotopic (exact) mass is 133 g/mol. The second kappa shape index (κ2) is 2.56. The Balaban J connectivity index is 3.27. The summed E-state index contributed by atoms with van der Waals surface area (Å²) in [5.74, 6) is 0. The Morgan fingerprint density at radius 2 is 2.20 bits per heavy atom. The maximum Gasteiger partial charge on any atom is 0.0349 e. The van der Waals surface area contributed by atoms with Gasteiger partial charge in [0.1, 0.15) is 0 Å². The first-order chi connectivity index (χ1) is 4.75. The summed E-state index contributed by atoms with van der Waals surface area (Å²) in [5.41, 5.74) is 8.70. The average molecular weight is 133 g/mol. The molecule has 0 heterocycles. The Morgan fingerprint density at radius 3 is 2.70 bits per heavy atom. The molecular formula is C9H11N. The molecule has 0 unspecified atom stereocenters. The van der Waals surface area contributed by atoms with E-state index >= 15 is 0 Å². The molecule has 0 aromatic heterocycles. The normalized spacial score (nSPS) is 9.30. The SMILES string of the molecule is C=Cc1cccc(N)c1C. The lowest BCUT2D eigenvalue weighted by molar-refractivity contribution is 1.45. The molecule has 1 aromatic rings. The number of nitrogens with two attached hydrogens (primary N) is 1. The van der Waals surface area contributed by atoms with Crippen LogP contribution in [0, 0.1) is 6.92 Å². The summed E-state index contributed by atoms with van der Waals surface area (Å²) in [7, 11) is 0. The van der Waals surface area contributed by atoms with Gasteiger partial charge in [-0.3, -0.25) is 0 Å². The summed E-state index contributed by atoms with van der Waals surface area (Å²) in [6.07, 6.45) is 1.81. The molecule has 0 saturated carbocycles. The highest BCUT2D eigenvalue weighted by Crippen LogP contribution is 2.15. The van der Waals surface area contributed by atoms with Crippen LogP contribution in [0.15, 0.2) is 24.8 Å². The van der Waals surface area contributed by atoms with E-state index in [1.807, 2.05) is 31.2 Å². The minimum Gasteiger partial charge on any atom is -0.398 e. The Kier molecular flexibility index (Phi) is 1.76. The van der Waals surface area contributed by atoms with Crippen LogP contribution in [0.5, 0.6) is 0 Å². The molecule has 0 aliphatic rings. The molecule has 0 aliphatic heterocycles. The third kappa shape index (κ3) is 1.03. The van der Waals surface area contributed by atoms with Crippen LogP contribution in [-0.2, 0) is 0 Å². The van der Waals surface area contributed by atoms with Gasteiger partial charge in [0.2, 0.25) is 0 Å². The van der Waals surface area contributed by atoms with Crippen molar-refractivity contribution in [3.63, 3.8) is 0 Å². The molecule has 0 saturated heterocycles. The van der Waals surface area contributed by atoms with E-state index in [0.717, 1.165) is 16.8 Å². The van der Waals surface area contributed by atoms with Gasteiger partial charge in [0.15, 0.2) is 0 Å². The largest absolute Gasteiger partial charge is 0.398 e. The molecule has 0 atom stereocenters. The minimum absolute atomic E-state index is 0.831. The fraction of sp³-hybridized carbons (Fsp3) is 0.111. The zero-order valence-corrected chi connectivity index (χ0v) is 6.09.